The molecule has 1 aromatic heterocycles. The SMILES string of the molecule is COc1ccc(C(=N)N)c(Sc2cnccn2)c1. The zero-order valence-electron chi connectivity index (χ0n) is 9.75. The first-order valence-corrected chi connectivity index (χ1v) is 5.98. The molecular weight excluding hydrogens is 248 g/mol. The maximum absolute atomic E-state index is 7.56. The molecule has 2 aromatic rings. The lowest BCUT2D eigenvalue weighted by molar-refractivity contribution is 0.413. The number of amidine groups is 1. The fourth-order valence-electron chi connectivity index (χ4n) is 1.39. The van der Waals surface area contributed by atoms with Gasteiger partial charge in [0.25, 0.3) is 0 Å². The molecule has 6 heteroatoms. The summed E-state index contributed by atoms with van der Waals surface area (Å²) in [6, 6.07) is 5.37. The van der Waals surface area contributed by atoms with Crippen LogP contribution in [0.25, 0.3) is 0 Å². The highest BCUT2D eigenvalue weighted by Gasteiger charge is 2.09. The zero-order valence-corrected chi connectivity index (χ0v) is 10.6. The second kappa shape index (κ2) is 5.50. The summed E-state index contributed by atoms with van der Waals surface area (Å²) < 4.78 is 5.17. The van der Waals surface area contributed by atoms with Crippen molar-refractivity contribution in [1.82, 2.24) is 9.97 Å². The normalized spacial score (nSPS) is 10.1. The van der Waals surface area contributed by atoms with E-state index in [0.29, 0.717) is 11.3 Å². The van der Waals surface area contributed by atoms with Gasteiger partial charge in [-0.05, 0) is 18.2 Å². The zero-order chi connectivity index (χ0) is 13.0. The van der Waals surface area contributed by atoms with Crippen molar-refractivity contribution in [3.8, 4) is 5.75 Å². The molecule has 0 saturated heterocycles. The summed E-state index contributed by atoms with van der Waals surface area (Å²) in [4.78, 5) is 9.00. The van der Waals surface area contributed by atoms with Gasteiger partial charge >= 0.3 is 0 Å². The van der Waals surface area contributed by atoms with Crippen molar-refractivity contribution >= 4 is 17.6 Å². The minimum atomic E-state index is 0.0176. The Morgan fingerprint density at radius 2 is 2.22 bits per heavy atom. The number of nitrogens with one attached hydrogen (secondary N) is 1. The van der Waals surface area contributed by atoms with E-state index in [9.17, 15) is 0 Å². The van der Waals surface area contributed by atoms with E-state index in [2.05, 4.69) is 9.97 Å². The molecule has 3 N–H and O–H groups in total. The van der Waals surface area contributed by atoms with E-state index in [4.69, 9.17) is 15.9 Å². The monoisotopic (exact) mass is 260 g/mol. The minimum absolute atomic E-state index is 0.0176. The van der Waals surface area contributed by atoms with Gasteiger partial charge in [0.2, 0.25) is 0 Å². The predicted molar refractivity (Wildman–Crippen MR) is 70.2 cm³/mol. The van der Waals surface area contributed by atoms with Gasteiger partial charge in [0.15, 0.2) is 0 Å². The molecule has 0 aliphatic rings. The molecule has 1 aromatic carbocycles. The molecule has 0 unspecified atom stereocenters. The Labute approximate surface area is 109 Å². The Hall–Kier alpha value is -2.08. The molecule has 0 aliphatic heterocycles. The number of methoxy groups -OCH3 is 1. The van der Waals surface area contributed by atoms with Crippen molar-refractivity contribution in [3.63, 3.8) is 0 Å². The molecule has 0 atom stereocenters. The molecule has 0 radical (unpaired) electrons. The summed E-state index contributed by atoms with van der Waals surface area (Å²) in [6.45, 7) is 0. The Kier molecular flexibility index (Phi) is 3.78. The lowest BCUT2D eigenvalue weighted by atomic mass is 10.2. The van der Waals surface area contributed by atoms with Gasteiger partial charge in [-0.25, -0.2) is 4.98 Å². The van der Waals surface area contributed by atoms with Gasteiger partial charge in [0, 0.05) is 22.9 Å². The van der Waals surface area contributed by atoms with Gasteiger partial charge in [-0.1, -0.05) is 11.8 Å². The Balaban J connectivity index is 2.38. The van der Waals surface area contributed by atoms with Crippen molar-refractivity contribution in [3.05, 3.63) is 42.4 Å². The first-order valence-electron chi connectivity index (χ1n) is 5.17. The van der Waals surface area contributed by atoms with E-state index in [-0.39, 0.29) is 5.84 Å². The van der Waals surface area contributed by atoms with E-state index >= 15 is 0 Å². The number of nitrogens with two attached hydrogens (primary N) is 1. The first kappa shape index (κ1) is 12.4. The number of ether oxygens (including phenoxy) is 1. The van der Waals surface area contributed by atoms with Gasteiger partial charge in [-0.3, -0.25) is 10.4 Å². The van der Waals surface area contributed by atoms with E-state index in [0.717, 1.165) is 9.92 Å². The highest BCUT2D eigenvalue weighted by molar-refractivity contribution is 7.99. The quantitative estimate of drug-likeness (QED) is 0.648. The molecule has 5 nitrogen and oxygen atoms in total. The number of hydrogen-bond acceptors (Lipinski definition) is 5. The van der Waals surface area contributed by atoms with Gasteiger partial charge in [0.1, 0.15) is 16.6 Å². The molecule has 0 amide bonds. The molecule has 0 spiro atoms. The number of hydrogen-bond donors (Lipinski definition) is 2. The predicted octanol–water partition coefficient (Wildman–Crippen LogP) is 1.92. The Morgan fingerprint density at radius 3 is 2.83 bits per heavy atom. The lowest BCUT2D eigenvalue weighted by Gasteiger charge is -2.09. The molecule has 18 heavy (non-hydrogen) atoms. The smallest absolute Gasteiger partial charge is 0.123 e. The van der Waals surface area contributed by atoms with Crippen LogP contribution in [0.4, 0.5) is 0 Å². The van der Waals surface area contributed by atoms with E-state index in [1.807, 2.05) is 6.07 Å². The number of aromatic nitrogens is 2. The van der Waals surface area contributed by atoms with Crippen molar-refractivity contribution in [2.45, 2.75) is 9.92 Å². The van der Waals surface area contributed by atoms with E-state index in [1.165, 1.54) is 11.8 Å². The van der Waals surface area contributed by atoms with Crippen LogP contribution in [0.3, 0.4) is 0 Å². The molecule has 2 rings (SSSR count). The summed E-state index contributed by atoms with van der Waals surface area (Å²) in [7, 11) is 1.60. The van der Waals surface area contributed by atoms with Crippen LogP contribution in [0.5, 0.6) is 5.75 Å². The third kappa shape index (κ3) is 2.78. The fourth-order valence-corrected chi connectivity index (χ4v) is 2.30. The highest BCUT2D eigenvalue weighted by Crippen LogP contribution is 2.31. The van der Waals surface area contributed by atoms with Crippen LogP contribution in [-0.2, 0) is 0 Å². The molecule has 1 heterocycles. The fraction of sp³-hybridized carbons (Fsp3) is 0.0833. The average molecular weight is 260 g/mol. The second-order valence-electron chi connectivity index (χ2n) is 3.42. The molecule has 92 valence electrons. The maximum atomic E-state index is 7.56. The maximum Gasteiger partial charge on any atom is 0.123 e. The van der Waals surface area contributed by atoms with Crippen LogP contribution in [-0.4, -0.2) is 22.9 Å². The van der Waals surface area contributed by atoms with Gasteiger partial charge in [-0.15, -0.1) is 0 Å². The summed E-state index contributed by atoms with van der Waals surface area (Å²) in [5, 5.41) is 8.30. The number of nitrogen functional groups attached to an aromatic ring is 1. The van der Waals surface area contributed by atoms with Gasteiger partial charge in [0.05, 0.1) is 13.3 Å². The summed E-state index contributed by atoms with van der Waals surface area (Å²) >= 11 is 1.40. The van der Waals surface area contributed by atoms with Crippen molar-refractivity contribution < 1.29 is 4.74 Å². The average Bonchev–Trinajstić information content (AvgIpc) is 2.39. The third-order valence-electron chi connectivity index (χ3n) is 2.23. The van der Waals surface area contributed by atoms with Crippen LogP contribution in [0.2, 0.25) is 0 Å². The van der Waals surface area contributed by atoms with Crippen LogP contribution in [0.15, 0.2) is 46.7 Å². The topological polar surface area (TPSA) is 84.9 Å². The van der Waals surface area contributed by atoms with Crippen LogP contribution >= 0.6 is 11.8 Å². The second-order valence-corrected chi connectivity index (χ2v) is 4.48. The Bertz CT molecular complexity index is 559. The molecule has 0 fully saturated rings. The Morgan fingerprint density at radius 1 is 1.39 bits per heavy atom. The largest absolute Gasteiger partial charge is 0.497 e. The van der Waals surface area contributed by atoms with Crippen LogP contribution < -0.4 is 10.5 Å². The van der Waals surface area contributed by atoms with Crippen molar-refractivity contribution in [2.75, 3.05) is 7.11 Å². The lowest BCUT2D eigenvalue weighted by Crippen LogP contribution is -2.12. The molecular formula is C12H12N4OS. The van der Waals surface area contributed by atoms with E-state index < -0.39 is 0 Å². The summed E-state index contributed by atoms with van der Waals surface area (Å²) in [5.74, 6) is 0.732. The third-order valence-corrected chi connectivity index (χ3v) is 3.21. The summed E-state index contributed by atoms with van der Waals surface area (Å²) in [6.07, 6.45) is 4.89. The van der Waals surface area contributed by atoms with Gasteiger partial charge < -0.3 is 10.5 Å². The van der Waals surface area contributed by atoms with Crippen LogP contribution in [0, 0.1) is 5.41 Å². The van der Waals surface area contributed by atoms with E-state index in [1.54, 1.807) is 37.8 Å². The first-order chi connectivity index (χ1) is 8.70. The van der Waals surface area contributed by atoms with Gasteiger partial charge in [-0.2, -0.15) is 0 Å². The molecule has 0 bridgehead atoms. The number of benzene rings is 1. The highest BCUT2D eigenvalue weighted by atomic mass is 32.2. The van der Waals surface area contributed by atoms with Crippen LogP contribution in [0.1, 0.15) is 5.56 Å². The van der Waals surface area contributed by atoms with Crippen molar-refractivity contribution in [2.24, 2.45) is 5.73 Å². The van der Waals surface area contributed by atoms with Crippen molar-refractivity contribution in [1.29, 1.82) is 5.41 Å². The molecule has 0 aliphatic carbocycles. The molecule has 0 saturated carbocycles. The number of rotatable bonds is 4. The minimum Gasteiger partial charge on any atom is -0.497 e. The summed E-state index contributed by atoms with van der Waals surface area (Å²) in [5.41, 5.74) is 6.21. The standard InChI is InChI=1S/C12H12N4OS/c1-17-8-2-3-9(12(13)14)10(6-8)18-11-7-15-4-5-16-11/h2-7H,1H3,(H3,13,14). The number of nitrogens with zero attached hydrogens (tertiary/aromatic N) is 2.